The number of rotatable bonds is 6. The first-order valence-corrected chi connectivity index (χ1v) is 11.7. The van der Waals surface area contributed by atoms with Gasteiger partial charge in [0.25, 0.3) is 0 Å². The van der Waals surface area contributed by atoms with Crippen molar-refractivity contribution in [3.8, 4) is 11.5 Å². The van der Waals surface area contributed by atoms with E-state index in [1.54, 1.807) is 16.4 Å². The third kappa shape index (κ3) is 4.35. The Hall–Kier alpha value is -2.42. The molecule has 1 aliphatic rings. The molecule has 2 heterocycles. The molecular formula is C21H23ClN4O3S. The first-order valence-electron chi connectivity index (χ1n) is 9.87. The van der Waals surface area contributed by atoms with E-state index in [4.69, 9.17) is 16.0 Å². The van der Waals surface area contributed by atoms with Crippen LogP contribution in [0, 0.1) is 6.92 Å². The maximum absolute atomic E-state index is 13.1. The third-order valence-corrected chi connectivity index (χ3v) is 7.51. The lowest BCUT2D eigenvalue weighted by atomic mass is 10.2. The highest BCUT2D eigenvalue weighted by molar-refractivity contribution is 7.89. The number of aryl methyl sites for hydroxylation is 1. The molecule has 158 valence electrons. The molecule has 1 saturated heterocycles. The highest BCUT2D eigenvalue weighted by Gasteiger charge is 2.27. The maximum Gasteiger partial charge on any atom is 0.249 e. The fraction of sp³-hybridized carbons (Fsp3) is 0.333. The molecule has 9 heteroatoms. The SMILES string of the molecule is Cc1ccc(NCc2nnc(-c3ccccc3Cl)o2)cc1S(=O)(=O)N1CCCCC1. The van der Waals surface area contributed by atoms with E-state index in [0.717, 1.165) is 24.8 Å². The van der Waals surface area contributed by atoms with Crippen LogP contribution in [0.3, 0.4) is 0 Å². The summed E-state index contributed by atoms with van der Waals surface area (Å²) < 4.78 is 33.4. The summed E-state index contributed by atoms with van der Waals surface area (Å²) >= 11 is 6.18. The van der Waals surface area contributed by atoms with Gasteiger partial charge < -0.3 is 9.73 Å². The lowest BCUT2D eigenvalue weighted by molar-refractivity contribution is 0.346. The summed E-state index contributed by atoms with van der Waals surface area (Å²) in [6.07, 6.45) is 2.88. The molecule has 1 fully saturated rings. The number of anilines is 1. The van der Waals surface area contributed by atoms with Crippen LogP contribution in [0.1, 0.15) is 30.7 Å². The first kappa shape index (κ1) is 20.8. The molecule has 30 heavy (non-hydrogen) atoms. The van der Waals surface area contributed by atoms with Gasteiger partial charge in [-0.2, -0.15) is 4.31 Å². The number of sulfonamides is 1. The quantitative estimate of drug-likeness (QED) is 0.600. The topological polar surface area (TPSA) is 88.3 Å². The predicted octanol–water partition coefficient (Wildman–Crippen LogP) is 4.49. The molecule has 1 N–H and O–H groups in total. The number of aromatic nitrogens is 2. The Morgan fingerprint density at radius 1 is 1.10 bits per heavy atom. The molecule has 0 radical (unpaired) electrons. The number of nitrogens with one attached hydrogen (secondary N) is 1. The number of halogens is 1. The second-order valence-corrected chi connectivity index (χ2v) is 9.59. The van der Waals surface area contributed by atoms with Crippen molar-refractivity contribution in [2.45, 2.75) is 37.6 Å². The fourth-order valence-corrected chi connectivity index (χ4v) is 5.46. The van der Waals surface area contributed by atoms with Crippen LogP contribution in [0.15, 0.2) is 51.8 Å². The number of hydrogen-bond acceptors (Lipinski definition) is 6. The van der Waals surface area contributed by atoms with Gasteiger partial charge in [-0.05, 0) is 49.6 Å². The Morgan fingerprint density at radius 3 is 2.63 bits per heavy atom. The lowest BCUT2D eigenvalue weighted by Crippen LogP contribution is -2.36. The second-order valence-electron chi connectivity index (χ2n) is 7.28. The maximum atomic E-state index is 13.1. The van der Waals surface area contributed by atoms with Gasteiger partial charge in [-0.3, -0.25) is 0 Å². The van der Waals surface area contributed by atoms with Gasteiger partial charge in [0.2, 0.25) is 21.8 Å². The van der Waals surface area contributed by atoms with Gasteiger partial charge in [-0.1, -0.05) is 36.2 Å². The van der Waals surface area contributed by atoms with Crippen molar-refractivity contribution in [1.82, 2.24) is 14.5 Å². The molecule has 0 aliphatic carbocycles. The zero-order chi connectivity index (χ0) is 21.1. The molecule has 0 saturated carbocycles. The Bertz CT molecular complexity index is 1140. The van der Waals surface area contributed by atoms with E-state index in [1.807, 2.05) is 37.3 Å². The van der Waals surface area contributed by atoms with Crippen LogP contribution in [-0.2, 0) is 16.6 Å². The van der Waals surface area contributed by atoms with Gasteiger partial charge in [-0.25, -0.2) is 8.42 Å². The molecule has 1 aromatic heterocycles. The largest absolute Gasteiger partial charge is 0.419 e. The van der Waals surface area contributed by atoms with Crippen LogP contribution >= 0.6 is 11.6 Å². The van der Waals surface area contributed by atoms with Crippen molar-refractivity contribution in [2.75, 3.05) is 18.4 Å². The average Bonchev–Trinajstić information content (AvgIpc) is 3.23. The summed E-state index contributed by atoms with van der Waals surface area (Å²) in [6, 6.07) is 12.6. The number of piperidine rings is 1. The summed E-state index contributed by atoms with van der Waals surface area (Å²) in [5, 5.41) is 11.8. The van der Waals surface area contributed by atoms with E-state index < -0.39 is 10.0 Å². The highest BCUT2D eigenvalue weighted by atomic mass is 35.5. The second kappa shape index (κ2) is 8.75. The van der Waals surface area contributed by atoms with Crippen molar-refractivity contribution >= 4 is 27.3 Å². The zero-order valence-corrected chi connectivity index (χ0v) is 18.2. The van der Waals surface area contributed by atoms with Crippen LogP contribution in [0.25, 0.3) is 11.5 Å². The van der Waals surface area contributed by atoms with Crippen LogP contribution in [0.4, 0.5) is 5.69 Å². The smallest absolute Gasteiger partial charge is 0.249 e. The molecule has 0 unspecified atom stereocenters. The van der Waals surface area contributed by atoms with Crippen LogP contribution in [0.5, 0.6) is 0 Å². The van der Waals surface area contributed by atoms with Gasteiger partial charge in [-0.15, -0.1) is 10.2 Å². The van der Waals surface area contributed by atoms with Gasteiger partial charge in [0.05, 0.1) is 22.0 Å². The molecular weight excluding hydrogens is 424 g/mol. The van der Waals surface area contributed by atoms with E-state index in [1.165, 1.54) is 0 Å². The van der Waals surface area contributed by atoms with Crippen molar-refractivity contribution in [2.24, 2.45) is 0 Å². The Balaban J connectivity index is 1.50. The van der Waals surface area contributed by atoms with Gasteiger partial charge in [0.15, 0.2) is 0 Å². The summed E-state index contributed by atoms with van der Waals surface area (Å²) in [5.74, 6) is 0.723. The van der Waals surface area contributed by atoms with Crippen molar-refractivity contribution < 1.29 is 12.8 Å². The Labute approximate surface area is 181 Å². The minimum absolute atomic E-state index is 0.268. The molecule has 0 amide bonds. The average molecular weight is 447 g/mol. The lowest BCUT2D eigenvalue weighted by Gasteiger charge is -2.26. The van der Waals surface area contributed by atoms with Crippen LogP contribution < -0.4 is 5.32 Å². The number of nitrogens with zero attached hydrogens (tertiary/aromatic N) is 3. The number of hydrogen-bond donors (Lipinski definition) is 1. The summed E-state index contributed by atoms with van der Waals surface area (Å²) in [7, 11) is -3.51. The van der Waals surface area contributed by atoms with Gasteiger partial charge in [0, 0.05) is 18.8 Å². The molecule has 0 spiro atoms. The molecule has 0 atom stereocenters. The van der Waals surface area contributed by atoms with Crippen molar-refractivity contribution in [3.63, 3.8) is 0 Å². The predicted molar refractivity (Wildman–Crippen MR) is 116 cm³/mol. The van der Waals surface area contributed by atoms with E-state index >= 15 is 0 Å². The molecule has 3 aromatic rings. The van der Waals surface area contributed by atoms with E-state index in [2.05, 4.69) is 15.5 Å². The summed E-state index contributed by atoms with van der Waals surface area (Å²) in [4.78, 5) is 0.330. The molecule has 1 aliphatic heterocycles. The van der Waals surface area contributed by atoms with Crippen LogP contribution in [-0.4, -0.2) is 36.0 Å². The Morgan fingerprint density at radius 2 is 1.87 bits per heavy atom. The third-order valence-electron chi connectivity index (χ3n) is 5.14. The summed E-state index contributed by atoms with van der Waals surface area (Å²) in [6.45, 7) is 3.23. The first-order chi connectivity index (χ1) is 14.4. The normalized spacial score (nSPS) is 15.3. The zero-order valence-electron chi connectivity index (χ0n) is 16.6. The Kier molecular flexibility index (Phi) is 6.08. The summed E-state index contributed by atoms with van der Waals surface area (Å²) in [5.41, 5.74) is 2.07. The van der Waals surface area contributed by atoms with Gasteiger partial charge in [0.1, 0.15) is 0 Å². The molecule has 0 bridgehead atoms. The molecule has 4 rings (SSSR count). The number of benzene rings is 2. The van der Waals surface area contributed by atoms with Gasteiger partial charge >= 0.3 is 0 Å². The standard InChI is InChI=1S/C21H23ClN4O3S/c1-15-9-10-16(13-19(15)30(27,28)26-11-5-2-6-12-26)23-14-20-24-25-21(29-20)17-7-3-4-8-18(17)22/h3-4,7-10,13,23H,2,5-6,11-12,14H2,1H3. The van der Waals surface area contributed by atoms with E-state index in [0.29, 0.717) is 46.0 Å². The molecule has 7 nitrogen and oxygen atoms in total. The monoisotopic (exact) mass is 446 g/mol. The fourth-order valence-electron chi connectivity index (χ4n) is 3.48. The van der Waals surface area contributed by atoms with E-state index in [-0.39, 0.29) is 6.54 Å². The van der Waals surface area contributed by atoms with Crippen molar-refractivity contribution in [1.29, 1.82) is 0 Å². The highest BCUT2D eigenvalue weighted by Crippen LogP contribution is 2.28. The van der Waals surface area contributed by atoms with Crippen LogP contribution in [0.2, 0.25) is 5.02 Å². The van der Waals surface area contributed by atoms with E-state index in [9.17, 15) is 8.42 Å². The molecule has 2 aromatic carbocycles. The minimum atomic E-state index is -3.51. The minimum Gasteiger partial charge on any atom is -0.419 e. The van der Waals surface area contributed by atoms with Crippen molar-refractivity contribution in [3.05, 3.63) is 58.9 Å².